The molecule has 0 aliphatic carbocycles. The summed E-state index contributed by atoms with van der Waals surface area (Å²) in [5.41, 5.74) is 1.28. The van der Waals surface area contributed by atoms with Crippen molar-refractivity contribution in [2.75, 3.05) is 0 Å². The topological polar surface area (TPSA) is 22.1 Å². The maximum absolute atomic E-state index is 12.8. The Morgan fingerprint density at radius 1 is 1.12 bits per heavy atom. The summed E-state index contributed by atoms with van der Waals surface area (Å²) in [5.74, 6) is 0.626. The Balaban J connectivity index is 2.08. The van der Waals surface area contributed by atoms with E-state index < -0.39 is 5.95 Å². The lowest BCUT2D eigenvalue weighted by Crippen LogP contribution is -1.88. The standard InChI is InChI=1S/C14H14FNO/c1-2-3-11-4-6-12(7-5-11)17-13-8-9-16-14(15)10-13/h4-10H,2-3H2,1H3. The summed E-state index contributed by atoms with van der Waals surface area (Å²) in [5, 5.41) is 0. The van der Waals surface area contributed by atoms with E-state index in [1.54, 1.807) is 6.07 Å². The zero-order valence-electron chi connectivity index (χ0n) is 9.69. The van der Waals surface area contributed by atoms with Gasteiger partial charge in [-0.3, -0.25) is 0 Å². The highest BCUT2D eigenvalue weighted by molar-refractivity contribution is 5.32. The van der Waals surface area contributed by atoms with Crippen molar-refractivity contribution in [1.29, 1.82) is 0 Å². The second-order valence-corrected chi connectivity index (χ2v) is 3.81. The molecule has 17 heavy (non-hydrogen) atoms. The highest BCUT2D eigenvalue weighted by Crippen LogP contribution is 2.21. The van der Waals surface area contributed by atoms with Crippen LogP contribution in [0.25, 0.3) is 0 Å². The van der Waals surface area contributed by atoms with Crippen LogP contribution in [0.15, 0.2) is 42.6 Å². The van der Waals surface area contributed by atoms with E-state index in [1.165, 1.54) is 17.8 Å². The molecule has 1 aromatic carbocycles. The Kier molecular flexibility index (Phi) is 3.70. The highest BCUT2D eigenvalue weighted by atomic mass is 19.1. The van der Waals surface area contributed by atoms with Crippen LogP contribution in [0.3, 0.4) is 0 Å². The molecule has 0 radical (unpaired) electrons. The third-order valence-corrected chi connectivity index (χ3v) is 2.40. The number of pyridine rings is 1. The molecule has 2 nitrogen and oxygen atoms in total. The molecule has 0 saturated heterocycles. The number of ether oxygens (including phenoxy) is 1. The summed E-state index contributed by atoms with van der Waals surface area (Å²) in [7, 11) is 0. The molecule has 1 aromatic heterocycles. The Labute approximate surface area is 100 Å². The molecule has 0 fully saturated rings. The fraction of sp³-hybridized carbons (Fsp3) is 0.214. The molecule has 0 aliphatic heterocycles. The van der Waals surface area contributed by atoms with Crippen molar-refractivity contribution in [2.45, 2.75) is 19.8 Å². The molecule has 2 rings (SSSR count). The third-order valence-electron chi connectivity index (χ3n) is 2.40. The third kappa shape index (κ3) is 3.28. The molecule has 0 atom stereocenters. The molecule has 2 aromatic rings. The molecule has 88 valence electrons. The maximum atomic E-state index is 12.8. The summed E-state index contributed by atoms with van der Waals surface area (Å²) in [4.78, 5) is 3.47. The van der Waals surface area contributed by atoms with E-state index in [0.29, 0.717) is 11.5 Å². The van der Waals surface area contributed by atoms with Gasteiger partial charge in [-0.05, 0) is 30.2 Å². The van der Waals surface area contributed by atoms with Crippen molar-refractivity contribution in [3.05, 3.63) is 54.1 Å². The average molecular weight is 231 g/mol. The normalized spacial score (nSPS) is 10.2. The molecule has 0 amide bonds. The molecule has 3 heteroatoms. The van der Waals surface area contributed by atoms with Gasteiger partial charge in [-0.25, -0.2) is 4.98 Å². The fourth-order valence-electron chi connectivity index (χ4n) is 1.60. The average Bonchev–Trinajstić information content (AvgIpc) is 2.32. The second kappa shape index (κ2) is 5.43. The molecule has 1 heterocycles. The van der Waals surface area contributed by atoms with Crippen LogP contribution in [0, 0.1) is 5.95 Å². The monoisotopic (exact) mass is 231 g/mol. The molecule has 0 saturated carbocycles. The minimum absolute atomic E-state index is 0.459. The Hall–Kier alpha value is -1.90. The highest BCUT2D eigenvalue weighted by Gasteiger charge is 1.99. The van der Waals surface area contributed by atoms with Crippen LogP contribution in [0.5, 0.6) is 11.5 Å². The van der Waals surface area contributed by atoms with Crippen LogP contribution < -0.4 is 4.74 Å². The lowest BCUT2D eigenvalue weighted by atomic mass is 10.1. The van der Waals surface area contributed by atoms with Crippen LogP contribution in [0.4, 0.5) is 4.39 Å². The van der Waals surface area contributed by atoms with Gasteiger partial charge in [-0.1, -0.05) is 25.5 Å². The summed E-state index contributed by atoms with van der Waals surface area (Å²) >= 11 is 0. The van der Waals surface area contributed by atoms with Crippen molar-refractivity contribution in [3.63, 3.8) is 0 Å². The molecular weight excluding hydrogens is 217 g/mol. The van der Waals surface area contributed by atoms with Crippen LogP contribution in [0.2, 0.25) is 0 Å². The van der Waals surface area contributed by atoms with Gasteiger partial charge in [0.15, 0.2) is 0 Å². The van der Waals surface area contributed by atoms with E-state index in [2.05, 4.69) is 11.9 Å². The first kappa shape index (κ1) is 11.6. The number of hydrogen-bond donors (Lipinski definition) is 0. The van der Waals surface area contributed by atoms with Gasteiger partial charge in [0.05, 0.1) is 0 Å². The van der Waals surface area contributed by atoms with Gasteiger partial charge in [-0.15, -0.1) is 0 Å². The summed E-state index contributed by atoms with van der Waals surface area (Å²) < 4.78 is 18.4. The molecule has 0 bridgehead atoms. The van der Waals surface area contributed by atoms with Crippen molar-refractivity contribution in [3.8, 4) is 11.5 Å². The number of benzene rings is 1. The summed E-state index contributed by atoms with van der Waals surface area (Å²) in [6, 6.07) is 10.7. The first-order valence-corrected chi connectivity index (χ1v) is 5.66. The van der Waals surface area contributed by atoms with Gasteiger partial charge in [0.1, 0.15) is 11.5 Å². The van der Waals surface area contributed by atoms with Crippen molar-refractivity contribution < 1.29 is 9.13 Å². The fourth-order valence-corrected chi connectivity index (χ4v) is 1.60. The predicted molar refractivity (Wildman–Crippen MR) is 64.7 cm³/mol. The molecule has 0 unspecified atom stereocenters. The largest absolute Gasteiger partial charge is 0.457 e. The molecule has 0 spiro atoms. The van der Waals surface area contributed by atoms with Gasteiger partial charge in [0.25, 0.3) is 0 Å². The molecular formula is C14H14FNO. The Morgan fingerprint density at radius 2 is 1.88 bits per heavy atom. The minimum atomic E-state index is -0.537. The van der Waals surface area contributed by atoms with Gasteiger partial charge in [-0.2, -0.15) is 4.39 Å². The van der Waals surface area contributed by atoms with Crippen LogP contribution >= 0.6 is 0 Å². The zero-order valence-corrected chi connectivity index (χ0v) is 9.69. The molecule has 0 N–H and O–H groups in total. The number of rotatable bonds is 4. The quantitative estimate of drug-likeness (QED) is 0.743. The van der Waals surface area contributed by atoms with E-state index >= 15 is 0 Å². The minimum Gasteiger partial charge on any atom is -0.457 e. The summed E-state index contributed by atoms with van der Waals surface area (Å²) in [6.07, 6.45) is 3.57. The van der Waals surface area contributed by atoms with Gasteiger partial charge >= 0.3 is 0 Å². The first-order valence-electron chi connectivity index (χ1n) is 5.66. The number of nitrogens with zero attached hydrogens (tertiary/aromatic N) is 1. The summed E-state index contributed by atoms with van der Waals surface area (Å²) in [6.45, 7) is 2.14. The van der Waals surface area contributed by atoms with E-state index in [4.69, 9.17) is 4.74 Å². The maximum Gasteiger partial charge on any atom is 0.216 e. The number of hydrogen-bond acceptors (Lipinski definition) is 2. The van der Waals surface area contributed by atoms with Gasteiger partial charge in [0.2, 0.25) is 5.95 Å². The van der Waals surface area contributed by atoms with E-state index in [0.717, 1.165) is 12.8 Å². The Morgan fingerprint density at radius 3 is 2.53 bits per heavy atom. The van der Waals surface area contributed by atoms with E-state index in [1.807, 2.05) is 24.3 Å². The van der Waals surface area contributed by atoms with Gasteiger partial charge < -0.3 is 4.74 Å². The number of halogens is 1. The smallest absolute Gasteiger partial charge is 0.216 e. The van der Waals surface area contributed by atoms with Crippen LogP contribution in [-0.4, -0.2) is 4.98 Å². The lowest BCUT2D eigenvalue weighted by Gasteiger charge is -2.06. The molecule has 0 aliphatic rings. The van der Waals surface area contributed by atoms with Crippen LogP contribution in [0.1, 0.15) is 18.9 Å². The van der Waals surface area contributed by atoms with Gasteiger partial charge in [0, 0.05) is 12.3 Å². The SMILES string of the molecule is CCCc1ccc(Oc2ccnc(F)c2)cc1. The number of aromatic nitrogens is 1. The van der Waals surface area contributed by atoms with E-state index in [-0.39, 0.29) is 0 Å². The van der Waals surface area contributed by atoms with Crippen molar-refractivity contribution >= 4 is 0 Å². The second-order valence-electron chi connectivity index (χ2n) is 3.81. The Bertz CT molecular complexity index is 482. The van der Waals surface area contributed by atoms with Crippen molar-refractivity contribution in [2.24, 2.45) is 0 Å². The van der Waals surface area contributed by atoms with Crippen LogP contribution in [-0.2, 0) is 6.42 Å². The zero-order chi connectivity index (χ0) is 12.1. The number of aryl methyl sites for hydroxylation is 1. The van der Waals surface area contributed by atoms with Crippen molar-refractivity contribution in [1.82, 2.24) is 4.98 Å². The predicted octanol–water partition coefficient (Wildman–Crippen LogP) is 3.97. The van der Waals surface area contributed by atoms with E-state index in [9.17, 15) is 4.39 Å². The lowest BCUT2D eigenvalue weighted by molar-refractivity contribution is 0.472. The first-order chi connectivity index (χ1) is 8.28.